The van der Waals surface area contributed by atoms with E-state index in [1.807, 2.05) is 46.6 Å². The molecule has 0 fully saturated rings. The molecular weight excluding hydrogens is 247 g/mol. The number of allylic oxidation sites excluding steroid dienone is 8. The molecule has 0 saturated heterocycles. The van der Waals surface area contributed by atoms with Gasteiger partial charge >= 0.3 is 0 Å². The molecule has 0 heterocycles. The summed E-state index contributed by atoms with van der Waals surface area (Å²) in [4.78, 5) is 0. The van der Waals surface area contributed by atoms with Crippen molar-refractivity contribution in [3.8, 4) is 0 Å². The highest BCUT2D eigenvalue weighted by atomic mass is 127. The van der Waals surface area contributed by atoms with Gasteiger partial charge in [0.25, 0.3) is 0 Å². The minimum absolute atomic E-state index is 1.75. The second-order valence-corrected chi connectivity index (χ2v) is 2.43. The van der Waals surface area contributed by atoms with Gasteiger partial charge in [-0.05, 0) is 4.08 Å². The summed E-state index contributed by atoms with van der Waals surface area (Å²) < 4.78 is 1.96. The lowest BCUT2D eigenvalue weighted by Gasteiger charge is -1.71. The van der Waals surface area contributed by atoms with Crippen molar-refractivity contribution in [2.45, 2.75) is 0 Å². The lowest BCUT2D eigenvalue weighted by atomic mass is 10.4. The van der Waals surface area contributed by atoms with Crippen LogP contribution in [0.5, 0.6) is 0 Å². The van der Waals surface area contributed by atoms with E-state index in [0.717, 1.165) is 0 Å². The van der Waals surface area contributed by atoms with Gasteiger partial charge in [0, 0.05) is 0 Å². The van der Waals surface area contributed by atoms with Gasteiger partial charge in [-0.25, -0.2) is 0 Å². The molecule has 0 aliphatic carbocycles. The molecule has 58 valence electrons. The molecule has 11 heavy (non-hydrogen) atoms. The molecule has 0 spiro atoms. The van der Waals surface area contributed by atoms with Gasteiger partial charge in [-0.15, -0.1) is 0 Å². The van der Waals surface area contributed by atoms with Gasteiger partial charge in [-0.1, -0.05) is 77.8 Å². The number of rotatable bonds is 4. The molecule has 0 rings (SSSR count). The Hall–Kier alpha value is -0.570. The van der Waals surface area contributed by atoms with Crippen LogP contribution in [0.15, 0.2) is 59.3 Å². The Bertz CT molecular complexity index is 195. The predicted molar refractivity (Wildman–Crippen MR) is 60.8 cm³/mol. The normalized spacial score (nSPS) is 12.8. The Morgan fingerprint density at radius 3 is 1.64 bits per heavy atom. The molecule has 0 saturated carbocycles. The van der Waals surface area contributed by atoms with Crippen molar-refractivity contribution >= 4 is 22.6 Å². The molecule has 0 amide bonds. The van der Waals surface area contributed by atoms with Crippen LogP contribution in [-0.4, -0.2) is 0 Å². The maximum absolute atomic E-state index is 3.56. The van der Waals surface area contributed by atoms with Crippen LogP contribution in [0.25, 0.3) is 0 Å². The summed E-state index contributed by atoms with van der Waals surface area (Å²) in [6.07, 6.45) is 15.4. The van der Waals surface area contributed by atoms with Crippen molar-refractivity contribution in [2.75, 3.05) is 0 Å². The summed E-state index contributed by atoms with van der Waals surface area (Å²) in [6.45, 7) is 3.56. The molecule has 0 aromatic heterocycles. The van der Waals surface area contributed by atoms with Crippen LogP contribution in [0.4, 0.5) is 0 Å². The molecule has 0 radical (unpaired) electrons. The third-order valence-electron chi connectivity index (χ3n) is 0.875. The third kappa shape index (κ3) is 9.43. The van der Waals surface area contributed by atoms with Crippen LogP contribution in [-0.2, 0) is 0 Å². The van der Waals surface area contributed by atoms with Crippen molar-refractivity contribution in [1.29, 1.82) is 0 Å². The van der Waals surface area contributed by atoms with E-state index in [4.69, 9.17) is 0 Å². The second kappa shape index (κ2) is 9.43. The zero-order chi connectivity index (χ0) is 8.36. The Morgan fingerprint density at radius 1 is 0.727 bits per heavy atom. The molecule has 0 aromatic carbocycles. The quantitative estimate of drug-likeness (QED) is 0.531. The largest absolute Gasteiger partial charge is 0.0991 e. The van der Waals surface area contributed by atoms with E-state index in [2.05, 4.69) is 29.2 Å². The molecule has 0 bridgehead atoms. The highest BCUT2D eigenvalue weighted by Crippen LogP contribution is 1.86. The molecule has 0 unspecified atom stereocenters. The van der Waals surface area contributed by atoms with Crippen LogP contribution in [0.2, 0.25) is 0 Å². The summed E-state index contributed by atoms with van der Waals surface area (Å²) in [5.74, 6) is 0. The first kappa shape index (κ1) is 10.4. The summed E-state index contributed by atoms with van der Waals surface area (Å²) in [7, 11) is 0. The zero-order valence-corrected chi connectivity index (χ0v) is 8.44. The topological polar surface area (TPSA) is 0 Å². The van der Waals surface area contributed by atoms with E-state index in [0.29, 0.717) is 0 Å². The number of hydrogen-bond donors (Lipinski definition) is 0. The van der Waals surface area contributed by atoms with Gasteiger partial charge in [0.1, 0.15) is 0 Å². The van der Waals surface area contributed by atoms with Crippen molar-refractivity contribution in [1.82, 2.24) is 0 Å². The standard InChI is InChI=1S/C10H11I/c1-2-3-4-5-6-7-8-9-10-11/h2-10H,1H2/b4-3+,6-5-,8-7+,10-9-. The summed E-state index contributed by atoms with van der Waals surface area (Å²) in [5, 5.41) is 0. The smallest absolute Gasteiger partial charge is 0.0234 e. The molecule has 0 aromatic rings. The van der Waals surface area contributed by atoms with E-state index >= 15 is 0 Å². The molecule has 1 heteroatoms. The van der Waals surface area contributed by atoms with Gasteiger partial charge in [-0.3, -0.25) is 0 Å². The van der Waals surface area contributed by atoms with Gasteiger partial charge in [0.05, 0.1) is 0 Å². The van der Waals surface area contributed by atoms with Crippen molar-refractivity contribution in [3.05, 3.63) is 59.3 Å². The lowest BCUT2D eigenvalue weighted by molar-refractivity contribution is 1.88. The SMILES string of the molecule is C=C/C=C/C=C\C=C\C=C/I. The number of halogens is 1. The lowest BCUT2D eigenvalue weighted by Crippen LogP contribution is -1.49. The van der Waals surface area contributed by atoms with E-state index in [9.17, 15) is 0 Å². The maximum atomic E-state index is 3.56. The highest BCUT2D eigenvalue weighted by Gasteiger charge is 1.60. The fourth-order valence-electron chi connectivity index (χ4n) is 0.441. The Kier molecular flexibility index (Phi) is 8.94. The Morgan fingerprint density at radius 2 is 1.18 bits per heavy atom. The van der Waals surface area contributed by atoms with Crippen LogP contribution < -0.4 is 0 Å². The molecule has 0 N–H and O–H groups in total. The van der Waals surface area contributed by atoms with Gasteiger partial charge in [0.2, 0.25) is 0 Å². The molecule has 0 atom stereocenters. The Balaban J connectivity index is 3.59. The third-order valence-corrected chi connectivity index (χ3v) is 1.29. The van der Waals surface area contributed by atoms with Gasteiger partial charge in [0.15, 0.2) is 0 Å². The zero-order valence-electron chi connectivity index (χ0n) is 6.28. The van der Waals surface area contributed by atoms with Crippen molar-refractivity contribution in [2.24, 2.45) is 0 Å². The molecular formula is C10H11I. The van der Waals surface area contributed by atoms with E-state index in [1.165, 1.54) is 0 Å². The van der Waals surface area contributed by atoms with Crippen LogP contribution in [0.1, 0.15) is 0 Å². The molecule has 0 aliphatic rings. The first-order valence-electron chi connectivity index (χ1n) is 3.29. The summed E-state index contributed by atoms with van der Waals surface area (Å²) in [6, 6.07) is 0. The average Bonchev–Trinajstić information content (AvgIpc) is 2.03. The summed E-state index contributed by atoms with van der Waals surface area (Å²) >= 11 is 2.18. The first-order valence-corrected chi connectivity index (χ1v) is 4.54. The van der Waals surface area contributed by atoms with Crippen LogP contribution >= 0.6 is 22.6 Å². The maximum Gasteiger partial charge on any atom is -0.0234 e. The predicted octanol–water partition coefficient (Wildman–Crippen LogP) is 3.79. The van der Waals surface area contributed by atoms with E-state index < -0.39 is 0 Å². The number of hydrogen-bond acceptors (Lipinski definition) is 0. The minimum atomic E-state index is 1.75. The minimum Gasteiger partial charge on any atom is -0.0991 e. The van der Waals surface area contributed by atoms with Crippen molar-refractivity contribution < 1.29 is 0 Å². The average molecular weight is 258 g/mol. The first-order chi connectivity index (χ1) is 5.41. The van der Waals surface area contributed by atoms with E-state index in [1.54, 1.807) is 6.08 Å². The van der Waals surface area contributed by atoms with Crippen molar-refractivity contribution in [3.63, 3.8) is 0 Å². The highest BCUT2D eigenvalue weighted by molar-refractivity contribution is 14.1. The summed E-state index contributed by atoms with van der Waals surface area (Å²) in [5.41, 5.74) is 0. The fourth-order valence-corrected chi connectivity index (χ4v) is 0.681. The Labute approximate surface area is 81.8 Å². The molecule has 0 nitrogen and oxygen atoms in total. The van der Waals surface area contributed by atoms with Gasteiger partial charge in [-0.2, -0.15) is 0 Å². The van der Waals surface area contributed by atoms with E-state index in [-0.39, 0.29) is 0 Å². The van der Waals surface area contributed by atoms with Gasteiger partial charge < -0.3 is 0 Å². The molecule has 0 aliphatic heterocycles. The second-order valence-electron chi connectivity index (χ2n) is 1.71. The monoisotopic (exact) mass is 258 g/mol. The fraction of sp³-hybridized carbons (Fsp3) is 0. The van der Waals surface area contributed by atoms with Crippen LogP contribution in [0.3, 0.4) is 0 Å². The van der Waals surface area contributed by atoms with Crippen LogP contribution in [0, 0.1) is 0 Å².